The van der Waals surface area contributed by atoms with Crippen LogP contribution >= 0.6 is 0 Å². The first-order chi connectivity index (χ1) is 11.7. The zero-order chi connectivity index (χ0) is 16.9. The molecular weight excluding hydrogens is 300 g/mol. The second-order valence-electron chi connectivity index (χ2n) is 6.01. The second kappa shape index (κ2) is 7.30. The summed E-state index contributed by atoms with van der Waals surface area (Å²) in [5.41, 5.74) is 3.97. The highest BCUT2D eigenvalue weighted by Crippen LogP contribution is 2.27. The number of hydrogen-bond acceptors (Lipinski definition) is 2. The maximum Gasteiger partial charge on any atom is 0.236 e. The molecule has 0 aromatic heterocycles. The summed E-state index contributed by atoms with van der Waals surface area (Å²) in [6, 6.07) is 15.6. The maximum absolute atomic E-state index is 12.6. The molecule has 1 aliphatic rings. The molecule has 124 valence electrons. The van der Waals surface area contributed by atoms with Gasteiger partial charge in [0, 0.05) is 17.9 Å². The van der Waals surface area contributed by atoms with Gasteiger partial charge in [-0.2, -0.15) is 0 Å². The minimum absolute atomic E-state index is 0.133. The van der Waals surface area contributed by atoms with Crippen LogP contribution in [0.4, 0.5) is 11.4 Å². The van der Waals surface area contributed by atoms with Crippen LogP contribution in [0.3, 0.4) is 0 Å². The predicted octanol–water partition coefficient (Wildman–Crippen LogP) is 3.56. The summed E-state index contributed by atoms with van der Waals surface area (Å²) < 4.78 is 0. The van der Waals surface area contributed by atoms with Crippen LogP contribution in [-0.2, 0) is 22.4 Å². The Balaban J connectivity index is 1.68. The summed E-state index contributed by atoms with van der Waals surface area (Å²) in [6.45, 7) is 2.72. The van der Waals surface area contributed by atoms with Crippen molar-refractivity contribution in [2.24, 2.45) is 0 Å². The molecule has 0 aliphatic carbocycles. The Labute approximate surface area is 142 Å². The largest absolute Gasteiger partial charge is 0.325 e. The van der Waals surface area contributed by atoms with Crippen LogP contribution in [0.1, 0.15) is 30.9 Å². The fourth-order valence-corrected chi connectivity index (χ4v) is 3.17. The van der Waals surface area contributed by atoms with Crippen molar-refractivity contribution in [3.05, 3.63) is 59.7 Å². The van der Waals surface area contributed by atoms with E-state index in [1.807, 2.05) is 55.5 Å². The number of fused-ring (bicyclic) bond motifs is 1. The number of carbonyl (C=O) groups is 2. The summed E-state index contributed by atoms with van der Waals surface area (Å²) >= 11 is 0. The SMILES string of the molecule is CCc1ccccc1NC(=O)CC(=O)N1CCCc2ccccc21. The van der Waals surface area contributed by atoms with E-state index in [0.717, 1.165) is 36.2 Å². The van der Waals surface area contributed by atoms with Gasteiger partial charge >= 0.3 is 0 Å². The summed E-state index contributed by atoms with van der Waals surface area (Å²) in [7, 11) is 0. The molecule has 2 amide bonds. The molecule has 0 unspecified atom stereocenters. The van der Waals surface area contributed by atoms with Crippen LogP contribution in [0.25, 0.3) is 0 Å². The summed E-state index contributed by atoms with van der Waals surface area (Å²) in [6.07, 6.45) is 2.62. The van der Waals surface area contributed by atoms with Crippen LogP contribution in [0, 0.1) is 0 Å². The molecule has 0 saturated heterocycles. The number of hydrogen-bond donors (Lipinski definition) is 1. The normalized spacial score (nSPS) is 13.3. The number of benzene rings is 2. The maximum atomic E-state index is 12.6. The molecule has 0 fully saturated rings. The highest BCUT2D eigenvalue weighted by molar-refractivity contribution is 6.09. The molecule has 2 aromatic rings. The van der Waals surface area contributed by atoms with Gasteiger partial charge in [0.05, 0.1) is 0 Å². The average Bonchev–Trinajstić information content (AvgIpc) is 2.61. The minimum Gasteiger partial charge on any atom is -0.325 e. The van der Waals surface area contributed by atoms with Gasteiger partial charge in [-0.3, -0.25) is 9.59 Å². The van der Waals surface area contributed by atoms with Crippen LogP contribution in [-0.4, -0.2) is 18.4 Å². The van der Waals surface area contributed by atoms with Gasteiger partial charge in [0.15, 0.2) is 0 Å². The Morgan fingerprint density at radius 2 is 1.83 bits per heavy atom. The molecular formula is C20H22N2O2. The van der Waals surface area contributed by atoms with E-state index in [1.165, 1.54) is 5.56 Å². The predicted molar refractivity (Wildman–Crippen MR) is 96.2 cm³/mol. The lowest BCUT2D eigenvalue weighted by Gasteiger charge is -2.29. The number of nitrogens with zero attached hydrogens (tertiary/aromatic N) is 1. The van der Waals surface area contributed by atoms with Gasteiger partial charge in [-0.15, -0.1) is 0 Å². The van der Waals surface area contributed by atoms with Gasteiger partial charge < -0.3 is 10.2 Å². The van der Waals surface area contributed by atoms with Gasteiger partial charge in [0.2, 0.25) is 11.8 Å². The first kappa shape index (κ1) is 16.2. The Morgan fingerprint density at radius 1 is 1.08 bits per heavy atom. The molecule has 1 aliphatic heterocycles. The van der Waals surface area contributed by atoms with Gasteiger partial charge in [0.25, 0.3) is 0 Å². The van der Waals surface area contributed by atoms with Crippen molar-refractivity contribution in [1.82, 2.24) is 0 Å². The monoisotopic (exact) mass is 322 g/mol. The van der Waals surface area contributed by atoms with Crippen molar-refractivity contribution < 1.29 is 9.59 Å². The zero-order valence-corrected chi connectivity index (χ0v) is 13.9. The molecule has 4 nitrogen and oxygen atoms in total. The van der Waals surface area contributed by atoms with Crippen LogP contribution in [0.15, 0.2) is 48.5 Å². The van der Waals surface area contributed by atoms with E-state index in [1.54, 1.807) is 4.90 Å². The van der Waals surface area contributed by atoms with E-state index >= 15 is 0 Å². The van der Waals surface area contributed by atoms with E-state index in [4.69, 9.17) is 0 Å². The van der Waals surface area contributed by atoms with Gasteiger partial charge in [0.1, 0.15) is 6.42 Å². The van der Waals surface area contributed by atoms with E-state index in [9.17, 15) is 9.59 Å². The van der Waals surface area contributed by atoms with Crippen molar-refractivity contribution in [3.63, 3.8) is 0 Å². The lowest BCUT2D eigenvalue weighted by atomic mass is 10.0. The Kier molecular flexibility index (Phi) is 4.94. The second-order valence-corrected chi connectivity index (χ2v) is 6.01. The molecule has 4 heteroatoms. The molecule has 1 N–H and O–H groups in total. The summed E-state index contributed by atoms with van der Waals surface area (Å²) in [4.78, 5) is 26.6. The van der Waals surface area contributed by atoms with Crippen molar-refractivity contribution in [3.8, 4) is 0 Å². The van der Waals surface area contributed by atoms with Crippen LogP contribution < -0.4 is 10.2 Å². The highest BCUT2D eigenvalue weighted by Gasteiger charge is 2.23. The number of para-hydroxylation sites is 2. The lowest BCUT2D eigenvalue weighted by molar-refractivity contribution is -0.125. The number of nitrogens with one attached hydrogen (secondary N) is 1. The molecule has 2 aromatic carbocycles. The Bertz CT molecular complexity index is 755. The quantitative estimate of drug-likeness (QED) is 0.875. The Morgan fingerprint density at radius 3 is 2.67 bits per heavy atom. The van der Waals surface area contributed by atoms with E-state index in [0.29, 0.717) is 6.54 Å². The number of rotatable bonds is 4. The molecule has 1 heterocycles. The molecule has 0 bridgehead atoms. The fourth-order valence-electron chi connectivity index (χ4n) is 3.17. The smallest absolute Gasteiger partial charge is 0.236 e. The molecule has 3 rings (SSSR count). The molecule has 0 spiro atoms. The number of anilines is 2. The van der Waals surface area contributed by atoms with Gasteiger partial charge in [-0.1, -0.05) is 43.3 Å². The minimum atomic E-state index is -0.260. The first-order valence-corrected chi connectivity index (χ1v) is 8.45. The van der Waals surface area contributed by atoms with E-state index in [-0.39, 0.29) is 18.2 Å². The van der Waals surface area contributed by atoms with E-state index in [2.05, 4.69) is 5.32 Å². The third-order valence-electron chi connectivity index (χ3n) is 4.40. The standard InChI is InChI=1S/C20H22N2O2/c1-2-15-8-3-5-11-17(15)21-19(23)14-20(24)22-13-7-10-16-9-4-6-12-18(16)22/h3-6,8-9,11-12H,2,7,10,13-14H2,1H3,(H,21,23). The fraction of sp³-hybridized carbons (Fsp3) is 0.300. The molecule has 0 radical (unpaired) electrons. The van der Waals surface area contributed by atoms with Crippen LogP contribution in [0.2, 0.25) is 0 Å². The van der Waals surface area contributed by atoms with Crippen molar-refractivity contribution in [1.29, 1.82) is 0 Å². The number of carbonyl (C=O) groups excluding carboxylic acids is 2. The molecule has 24 heavy (non-hydrogen) atoms. The number of aryl methyl sites for hydroxylation is 2. The first-order valence-electron chi connectivity index (χ1n) is 8.45. The summed E-state index contributed by atoms with van der Waals surface area (Å²) in [5, 5.41) is 2.87. The third kappa shape index (κ3) is 3.48. The molecule has 0 atom stereocenters. The topological polar surface area (TPSA) is 49.4 Å². The van der Waals surface area contributed by atoms with Gasteiger partial charge in [-0.25, -0.2) is 0 Å². The number of amides is 2. The molecule has 0 saturated carbocycles. The van der Waals surface area contributed by atoms with Crippen molar-refractivity contribution >= 4 is 23.2 Å². The van der Waals surface area contributed by atoms with Gasteiger partial charge in [-0.05, 0) is 42.5 Å². The Hall–Kier alpha value is -2.62. The van der Waals surface area contributed by atoms with Crippen molar-refractivity contribution in [2.75, 3.05) is 16.8 Å². The van der Waals surface area contributed by atoms with E-state index < -0.39 is 0 Å². The third-order valence-corrected chi connectivity index (χ3v) is 4.40. The summed E-state index contributed by atoms with van der Waals surface area (Å²) in [5.74, 6) is -0.405. The lowest BCUT2D eigenvalue weighted by Crippen LogP contribution is -2.37. The average molecular weight is 322 g/mol. The van der Waals surface area contributed by atoms with Crippen LogP contribution in [0.5, 0.6) is 0 Å². The highest BCUT2D eigenvalue weighted by atomic mass is 16.2. The zero-order valence-electron chi connectivity index (χ0n) is 13.9. The van der Waals surface area contributed by atoms with Crippen molar-refractivity contribution in [2.45, 2.75) is 32.6 Å².